The minimum Gasteiger partial charge on any atom is -0.490 e. The number of hydrogen-bond donors (Lipinski definition) is 0. The largest absolute Gasteiger partial charge is 0.490 e. The average molecular weight is 550 g/mol. The van der Waals surface area contributed by atoms with Crippen LogP contribution in [0.2, 0.25) is 5.02 Å². The summed E-state index contributed by atoms with van der Waals surface area (Å²) in [5, 5.41) is 1.58. The average Bonchev–Trinajstić information content (AvgIpc) is 3.52. The van der Waals surface area contributed by atoms with E-state index in [1.165, 1.54) is 6.33 Å². The zero-order valence-corrected chi connectivity index (χ0v) is 22.7. The molecule has 1 saturated carbocycles. The maximum absolute atomic E-state index is 6.75. The Labute approximate surface area is 229 Å². The van der Waals surface area contributed by atoms with Gasteiger partial charge in [0.15, 0.2) is 29.0 Å². The van der Waals surface area contributed by atoms with E-state index in [1.54, 1.807) is 18.9 Å². The lowest BCUT2D eigenvalue weighted by Crippen LogP contribution is -2.57. The molecule has 0 unspecified atom stereocenters. The second-order valence-corrected chi connectivity index (χ2v) is 11.4. The van der Waals surface area contributed by atoms with Gasteiger partial charge < -0.3 is 23.8 Å². The van der Waals surface area contributed by atoms with Crippen molar-refractivity contribution >= 4 is 45.8 Å². The molecule has 11 nitrogen and oxygen atoms in total. The van der Waals surface area contributed by atoms with Gasteiger partial charge in [0, 0.05) is 44.6 Å². The second-order valence-electron chi connectivity index (χ2n) is 11.0. The van der Waals surface area contributed by atoms with Crippen molar-refractivity contribution in [1.82, 2.24) is 29.4 Å². The zero-order valence-electron chi connectivity index (χ0n) is 22.0. The number of fused-ring (bicyclic) bond motifs is 4. The van der Waals surface area contributed by atoms with Gasteiger partial charge >= 0.3 is 0 Å². The third-order valence-electron chi connectivity index (χ3n) is 7.38. The van der Waals surface area contributed by atoms with Crippen molar-refractivity contribution in [3.05, 3.63) is 48.1 Å². The number of ether oxygens (including phenoxy) is 4. The first kappa shape index (κ1) is 24.6. The van der Waals surface area contributed by atoms with Crippen LogP contribution in [0.5, 0.6) is 5.75 Å². The van der Waals surface area contributed by atoms with E-state index in [9.17, 15) is 0 Å². The molecule has 1 spiro atoms. The lowest BCUT2D eigenvalue weighted by Gasteiger charge is -2.46. The van der Waals surface area contributed by atoms with Crippen molar-refractivity contribution in [1.29, 1.82) is 0 Å². The summed E-state index contributed by atoms with van der Waals surface area (Å²) in [6, 6.07) is 7.73. The Morgan fingerprint density at radius 2 is 1.95 bits per heavy atom. The molecule has 7 rings (SSSR count). The van der Waals surface area contributed by atoms with Gasteiger partial charge in [-0.15, -0.1) is 0 Å². The minimum atomic E-state index is -0.742. The van der Waals surface area contributed by atoms with Gasteiger partial charge in [0.25, 0.3) is 0 Å². The molecule has 1 aliphatic carbocycles. The van der Waals surface area contributed by atoms with E-state index >= 15 is 0 Å². The van der Waals surface area contributed by atoms with Gasteiger partial charge in [0.1, 0.15) is 36.0 Å². The predicted octanol–water partition coefficient (Wildman–Crippen LogP) is 4.28. The van der Waals surface area contributed by atoms with Crippen LogP contribution in [-0.2, 0) is 14.2 Å². The molecule has 12 heteroatoms. The smallest absolute Gasteiger partial charge is 0.184 e. The number of nitrogens with zero attached hydrogens (tertiary/aromatic N) is 7. The van der Waals surface area contributed by atoms with E-state index in [-0.39, 0.29) is 18.3 Å². The Morgan fingerprint density at radius 1 is 1.10 bits per heavy atom. The highest BCUT2D eigenvalue weighted by molar-refractivity contribution is 6.31. The molecule has 3 aromatic heterocycles. The molecule has 0 amide bonds. The summed E-state index contributed by atoms with van der Waals surface area (Å²) in [6.45, 7) is 3.86. The number of benzene rings is 1. The monoisotopic (exact) mass is 549 g/mol. The number of halogens is 1. The highest BCUT2D eigenvalue weighted by Crippen LogP contribution is 2.56. The van der Waals surface area contributed by atoms with Gasteiger partial charge in [-0.05, 0) is 32.0 Å². The number of aromatic nitrogens is 5. The van der Waals surface area contributed by atoms with Crippen LogP contribution in [0.25, 0.3) is 22.1 Å². The summed E-state index contributed by atoms with van der Waals surface area (Å²) in [5.41, 5.74) is 1.50. The van der Waals surface area contributed by atoms with Crippen molar-refractivity contribution in [2.45, 2.75) is 62.6 Å². The molecule has 0 N–H and O–H groups in total. The van der Waals surface area contributed by atoms with E-state index in [1.807, 2.05) is 61.7 Å². The molecular weight excluding hydrogens is 522 g/mol. The highest BCUT2D eigenvalue weighted by atomic mass is 35.5. The first-order valence-electron chi connectivity index (χ1n) is 12.8. The van der Waals surface area contributed by atoms with Crippen molar-refractivity contribution < 1.29 is 18.9 Å². The Kier molecular flexibility index (Phi) is 5.57. The molecule has 4 aromatic rings. The van der Waals surface area contributed by atoms with E-state index in [0.717, 1.165) is 16.7 Å². The Bertz CT molecular complexity index is 1600. The third-order valence-corrected chi connectivity index (χ3v) is 7.59. The Morgan fingerprint density at radius 3 is 2.77 bits per heavy atom. The fraction of sp³-hybridized carbons (Fsp3) is 0.444. The number of aliphatic imine (C=N–C) groups is 1. The van der Waals surface area contributed by atoms with Gasteiger partial charge in [0.05, 0.1) is 23.2 Å². The van der Waals surface area contributed by atoms with Crippen molar-refractivity contribution in [2.24, 2.45) is 4.99 Å². The zero-order chi connectivity index (χ0) is 26.9. The summed E-state index contributed by atoms with van der Waals surface area (Å²) < 4.78 is 27.8. The maximum Gasteiger partial charge on any atom is 0.184 e. The van der Waals surface area contributed by atoms with E-state index in [4.69, 9.17) is 30.5 Å². The highest BCUT2D eigenvalue weighted by Gasteiger charge is 2.68. The maximum atomic E-state index is 6.75. The van der Waals surface area contributed by atoms with Crippen molar-refractivity contribution in [3.63, 3.8) is 0 Å². The molecule has 0 bridgehead atoms. The molecule has 3 fully saturated rings. The molecule has 202 valence electrons. The lowest BCUT2D eigenvalue weighted by molar-refractivity contribution is -0.249. The van der Waals surface area contributed by atoms with Gasteiger partial charge in [-0.1, -0.05) is 11.6 Å². The molecule has 1 aromatic carbocycles. The molecule has 3 aliphatic rings. The Balaban J connectivity index is 1.15. The standard InChI is InChI=1S/C27H28ClN7O4/c1-26(2)37-21-22(38-26)27(9-18(10-27)36-17-6-5-15-7-16(28)11-29-19(15)8-17)39-25(21)35-14-32-20-23(33-13-34(3)4)30-12-31-24(20)35/h5-8,11-14,18,21-22,25H,9-10H2,1-4H3/b33-13+/t18-,21-,22+,25-,27-/m1/s1. The minimum absolute atomic E-state index is 0.0321. The number of pyridine rings is 1. The van der Waals surface area contributed by atoms with Crippen molar-refractivity contribution in [2.75, 3.05) is 14.1 Å². The van der Waals surface area contributed by atoms with Gasteiger partial charge in [-0.3, -0.25) is 9.55 Å². The molecule has 2 aliphatic heterocycles. The molecule has 3 atom stereocenters. The summed E-state index contributed by atoms with van der Waals surface area (Å²) in [5.74, 6) is 0.508. The molecule has 2 saturated heterocycles. The Hall–Kier alpha value is -3.38. The number of imidazole rings is 1. The van der Waals surface area contributed by atoms with Crippen LogP contribution in [0.15, 0.2) is 48.1 Å². The van der Waals surface area contributed by atoms with Crippen LogP contribution in [0.1, 0.15) is 32.9 Å². The molecular formula is C27H28ClN7O4. The van der Waals surface area contributed by atoms with Crippen LogP contribution in [0, 0.1) is 0 Å². The summed E-state index contributed by atoms with van der Waals surface area (Å²) in [4.78, 5) is 24.1. The molecule has 5 heterocycles. The van der Waals surface area contributed by atoms with Crippen LogP contribution >= 0.6 is 11.6 Å². The van der Waals surface area contributed by atoms with E-state index < -0.39 is 17.6 Å². The normalized spacial score (nSPS) is 29.4. The fourth-order valence-electron chi connectivity index (χ4n) is 5.75. The fourth-order valence-corrected chi connectivity index (χ4v) is 5.91. The summed E-state index contributed by atoms with van der Waals surface area (Å²) in [7, 11) is 3.79. The van der Waals surface area contributed by atoms with Crippen LogP contribution in [0.3, 0.4) is 0 Å². The van der Waals surface area contributed by atoms with E-state index in [2.05, 4.69) is 24.9 Å². The number of rotatable bonds is 5. The topological polar surface area (TPSA) is 109 Å². The first-order valence-corrected chi connectivity index (χ1v) is 13.2. The van der Waals surface area contributed by atoms with Crippen molar-refractivity contribution in [3.8, 4) is 5.75 Å². The third kappa shape index (κ3) is 4.20. The van der Waals surface area contributed by atoms with Gasteiger partial charge in [-0.25, -0.2) is 19.9 Å². The SMILES string of the molecule is CN(C)/C=N/c1ncnc2c1ncn2[C@@H]1O[C@]2(C[C@H](Oc3ccc4cc(Cl)cnc4c3)C2)[C@H]2OC(C)(C)O[C@@H]12. The second kappa shape index (κ2) is 8.82. The molecule has 39 heavy (non-hydrogen) atoms. The molecule has 0 radical (unpaired) electrons. The predicted molar refractivity (Wildman–Crippen MR) is 144 cm³/mol. The quantitative estimate of drug-likeness (QED) is 0.266. The first-order chi connectivity index (χ1) is 18.7. The van der Waals surface area contributed by atoms with Gasteiger partial charge in [0.2, 0.25) is 0 Å². The van der Waals surface area contributed by atoms with Gasteiger partial charge in [-0.2, -0.15) is 0 Å². The lowest BCUT2D eigenvalue weighted by atomic mass is 9.73. The number of hydrogen-bond acceptors (Lipinski definition) is 9. The summed E-state index contributed by atoms with van der Waals surface area (Å²) in [6.07, 6.45) is 6.74. The van der Waals surface area contributed by atoms with E-state index in [0.29, 0.717) is 34.8 Å². The summed E-state index contributed by atoms with van der Waals surface area (Å²) >= 11 is 6.07. The van der Waals surface area contributed by atoms with Crippen LogP contribution in [-0.4, -0.2) is 79.5 Å². The van der Waals surface area contributed by atoms with Crippen LogP contribution in [0.4, 0.5) is 5.82 Å². The van der Waals surface area contributed by atoms with Crippen LogP contribution < -0.4 is 4.74 Å².